The summed E-state index contributed by atoms with van der Waals surface area (Å²) in [7, 11) is 3.65. The fourth-order valence-corrected chi connectivity index (χ4v) is 2.46. The second-order valence-electron chi connectivity index (χ2n) is 5.75. The topological polar surface area (TPSA) is 50.2 Å². The van der Waals surface area contributed by atoms with Crippen molar-refractivity contribution >= 4 is 5.91 Å². The standard InChI is InChI=1S/C17H23FN4O/c1-4-9-22-12-13(11-20-22)10-19-17(23)16(21(2)3)14-5-7-15(18)8-6-14/h5-8,11-12,16H,4,9-10H2,1-3H3,(H,19,23)/t16-/m0/s1. The molecule has 5 nitrogen and oxygen atoms in total. The van der Waals surface area contributed by atoms with Crippen LogP contribution in [-0.2, 0) is 17.9 Å². The van der Waals surface area contributed by atoms with E-state index in [4.69, 9.17) is 0 Å². The predicted molar refractivity (Wildman–Crippen MR) is 87.2 cm³/mol. The monoisotopic (exact) mass is 318 g/mol. The maximum absolute atomic E-state index is 13.1. The van der Waals surface area contributed by atoms with Crippen molar-refractivity contribution in [2.24, 2.45) is 0 Å². The SMILES string of the molecule is CCCn1cc(CNC(=O)[C@H](c2ccc(F)cc2)N(C)C)cn1. The number of carbonyl (C=O) groups excluding carboxylic acids is 1. The summed E-state index contributed by atoms with van der Waals surface area (Å²) < 4.78 is 14.9. The van der Waals surface area contributed by atoms with Crippen molar-refractivity contribution in [3.05, 3.63) is 53.6 Å². The first-order valence-corrected chi connectivity index (χ1v) is 7.72. The van der Waals surface area contributed by atoms with Gasteiger partial charge in [-0.25, -0.2) is 4.39 Å². The summed E-state index contributed by atoms with van der Waals surface area (Å²) in [5.74, 6) is -0.431. The summed E-state index contributed by atoms with van der Waals surface area (Å²) in [6.45, 7) is 3.38. The Hall–Kier alpha value is -2.21. The number of nitrogens with one attached hydrogen (secondary N) is 1. The minimum atomic E-state index is -0.457. The first-order chi connectivity index (χ1) is 11.0. The van der Waals surface area contributed by atoms with Crippen LogP contribution in [0.2, 0.25) is 0 Å². The Morgan fingerprint density at radius 1 is 1.35 bits per heavy atom. The molecule has 0 bridgehead atoms. The molecule has 0 radical (unpaired) electrons. The highest BCUT2D eigenvalue weighted by Crippen LogP contribution is 2.19. The second-order valence-corrected chi connectivity index (χ2v) is 5.75. The Morgan fingerprint density at radius 2 is 2.04 bits per heavy atom. The summed E-state index contributed by atoms with van der Waals surface area (Å²) in [4.78, 5) is 14.3. The zero-order chi connectivity index (χ0) is 16.8. The third-order valence-electron chi connectivity index (χ3n) is 3.56. The van der Waals surface area contributed by atoms with Gasteiger partial charge in [-0.15, -0.1) is 0 Å². The smallest absolute Gasteiger partial charge is 0.242 e. The molecule has 0 aliphatic rings. The number of halogens is 1. The van der Waals surface area contributed by atoms with Gasteiger partial charge in [-0.3, -0.25) is 14.4 Å². The number of hydrogen-bond acceptors (Lipinski definition) is 3. The normalized spacial score (nSPS) is 12.4. The molecule has 2 aromatic rings. The molecule has 0 spiro atoms. The van der Waals surface area contributed by atoms with E-state index in [2.05, 4.69) is 17.3 Å². The largest absolute Gasteiger partial charge is 0.350 e. The molecular weight excluding hydrogens is 295 g/mol. The highest BCUT2D eigenvalue weighted by Gasteiger charge is 2.22. The Labute approximate surface area is 136 Å². The molecule has 1 atom stereocenters. The molecule has 1 heterocycles. The molecular formula is C17H23FN4O. The summed E-state index contributed by atoms with van der Waals surface area (Å²) in [6.07, 6.45) is 4.71. The van der Waals surface area contributed by atoms with Crippen molar-refractivity contribution in [1.29, 1.82) is 0 Å². The van der Waals surface area contributed by atoms with E-state index in [-0.39, 0.29) is 11.7 Å². The number of benzene rings is 1. The molecule has 1 aromatic heterocycles. The molecule has 0 unspecified atom stereocenters. The highest BCUT2D eigenvalue weighted by molar-refractivity contribution is 5.83. The number of likely N-dealkylation sites (N-methyl/N-ethyl adjacent to an activating group) is 1. The lowest BCUT2D eigenvalue weighted by Crippen LogP contribution is -2.36. The molecule has 124 valence electrons. The number of rotatable bonds is 7. The summed E-state index contributed by atoms with van der Waals surface area (Å²) in [5.41, 5.74) is 1.72. The minimum Gasteiger partial charge on any atom is -0.350 e. The molecule has 2 rings (SSSR count). The van der Waals surface area contributed by atoms with Gasteiger partial charge in [0.05, 0.1) is 6.20 Å². The molecule has 1 aromatic carbocycles. The molecule has 0 aliphatic heterocycles. The Balaban J connectivity index is 2.02. The van der Waals surface area contributed by atoms with Crippen molar-refractivity contribution < 1.29 is 9.18 Å². The van der Waals surface area contributed by atoms with Crippen LogP contribution in [0.15, 0.2) is 36.7 Å². The first-order valence-electron chi connectivity index (χ1n) is 7.72. The van der Waals surface area contributed by atoms with E-state index in [1.165, 1.54) is 12.1 Å². The van der Waals surface area contributed by atoms with E-state index in [9.17, 15) is 9.18 Å². The quantitative estimate of drug-likeness (QED) is 0.852. The van der Waals surface area contributed by atoms with Gasteiger partial charge in [-0.05, 0) is 38.2 Å². The fraction of sp³-hybridized carbons (Fsp3) is 0.412. The van der Waals surface area contributed by atoms with Gasteiger partial charge in [0.2, 0.25) is 5.91 Å². The van der Waals surface area contributed by atoms with Crippen molar-refractivity contribution in [3.63, 3.8) is 0 Å². The lowest BCUT2D eigenvalue weighted by Gasteiger charge is -2.23. The molecule has 0 aliphatic carbocycles. The van der Waals surface area contributed by atoms with E-state index < -0.39 is 6.04 Å². The third-order valence-corrected chi connectivity index (χ3v) is 3.56. The molecule has 6 heteroatoms. The summed E-state index contributed by atoms with van der Waals surface area (Å²) >= 11 is 0. The summed E-state index contributed by atoms with van der Waals surface area (Å²) in [6, 6.07) is 5.56. The number of carbonyl (C=O) groups is 1. The van der Waals surface area contributed by atoms with Crippen LogP contribution >= 0.6 is 0 Å². The van der Waals surface area contributed by atoms with Crippen LogP contribution in [0.1, 0.15) is 30.5 Å². The van der Waals surface area contributed by atoms with Crippen LogP contribution in [0, 0.1) is 5.82 Å². The van der Waals surface area contributed by atoms with E-state index in [1.807, 2.05) is 29.9 Å². The molecule has 23 heavy (non-hydrogen) atoms. The van der Waals surface area contributed by atoms with Crippen molar-refractivity contribution in [2.75, 3.05) is 14.1 Å². The number of aromatic nitrogens is 2. The van der Waals surface area contributed by atoms with Gasteiger partial charge in [0.1, 0.15) is 11.9 Å². The maximum atomic E-state index is 13.1. The highest BCUT2D eigenvalue weighted by atomic mass is 19.1. The van der Waals surface area contributed by atoms with Gasteiger partial charge in [0, 0.05) is 24.8 Å². The zero-order valence-corrected chi connectivity index (χ0v) is 13.8. The molecule has 0 saturated heterocycles. The first kappa shape index (κ1) is 17.1. The van der Waals surface area contributed by atoms with Crippen molar-refractivity contribution in [1.82, 2.24) is 20.0 Å². The minimum absolute atomic E-state index is 0.121. The fourth-order valence-electron chi connectivity index (χ4n) is 2.46. The second kappa shape index (κ2) is 7.87. The lowest BCUT2D eigenvalue weighted by molar-refractivity contribution is -0.125. The van der Waals surface area contributed by atoms with E-state index in [0.29, 0.717) is 6.54 Å². The van der Waals surface area contributed by atoms with E-state index in [1.54, 1.807) is 18.3 Å². The maximum Gasteiger partial charge on any atom is 0.242 e. The molecule has 1 amide bonds. The van der Waals surface area contributed by atoms with Gasteiger partial charge in [0.15, 0.2) is 0 Å². The van der Waals surface area contributed by atoms with Crippen LogP contribution in [0.5, 0.6) is 0 Å². The van der Waals surface area contributed by atoms with Gasteiger partial charge in [0.25, 0.3) is 0 Å². The number of nitrogens with zero attached hydrogens (tertiary/aromatic N) is 3. The predicted octanol–water partition coefficient (Wildman–Crippen LogP) is 2.35. The number of aryl methyl sites for hydroxylation is 1. The Bertz CT molecular complexity index is 636. The van der Waals surface area contributed by atoms with Gasteiger partial charge in [-0.2, -0.15) is 5.10 Å². The average molecular weight is 318 g/mol. The Kier molecular flexibility index (Phi) is 5.87. The van der Waals surface area contributed by atoms with Gasteiger partial charge < -0.3 is 5.32 Å². The van der Waals surface area contributed by atoms with E-state index in [0.717, 1.165) is 24.1 Å². The van der Waals surface area contributed by atoms with Crippen LogP contribution in [0.25, 0.3) is 0 Å². The average Bonchev–Trinajstić information content (AvgIpc) is 2.95. The van der Waals surface area contributed by atoms with Crippen LogP contribution in [0.3, 0.4) is 0 Å². The van der Waals surface area contributed by atoms with Crippen LogP contribution in [0.4, 0.5) is 4.39 Å². The molecule has 1 N–H and O–H groups in total. The van der Waals surface area contributed by atoms with Crippen LogP contribution < -0.4 is 5.32 Å². The van der Waals surface area contributed by atoms with Crippen molar-refractivity contribution in [2.45, 2.75) is 32.5 Å². The zero-order valence-electron chi connectivity index (χ0n) is 13.8. The van der Waals surface area contributed by atoms with Crippen LogP contribution in [-0.4, -0.2) is 34.7 Å². The summed E-state index contributed by atoms with van der Waals surface area (Å²) in [5, 5.41) is 7.17. The number of amides is 1. The van der Waals surface area contributed by atoms with Gasteiger partial charge >= 0.3 is 0 Å². The molecule has 0 fully saturated rings. The van der Waals surface area contributed by atoms with E-state index >= 15 is 0 Å². The van der Waals surface area contributed by atoms with Crippen molar-refractivity contribution in [3.8, 4) is 0 Å². The Morgan fingerprint density at radius 3 is 2.65 bits per heavy atom. The third kappa shape index (κ3) is 4.63. The van der Waals surface area contributed by atoms with Gasteiger partial charge in [-0.1, -0.05) is 19.1 Å². The number of hydrogen-bond donors (Lipinski definition) is 1. The lowest BCUT2D eigenvalue weighted by atomic mass is 10.1. The molecule has 0 saturated carbocycles.